The zero-order valence-electron chi connectivity index (χ0n) is 14.8. The smallest absolute Gasteiger partial charge is 0.232 e. The van der Waals surface area contributed by atoms with Crippen molar-refractivity contribution in [3.8, 4) is 0 Å². The topological polar surface area (TPSA) is 83.6 Å². The fraction of sp³-hybridized carbons (Fsp3) is 0.556. The molecule has 0 radical (unpaired) electrons. The molecule has 1 N–H and O–H groups in total. The number of sulfonamides is 1. The number of ketones is 1. The van der Waals surface area contributed by atoms with Crippen molar-refractivity contribution < 1.29 is 18.0 Å². The molecule has 2 rings (SSSR count). The number of nitrogens with zero attached hydrogens (tertiary/aromatic N) is 1. The largest absolute Gasteiger partial charge is 0.353 e. The van der Waals surface area contributed by atoms with E-state index in [0.717, 1.165) is 31.9 Å². The highest BCUT2D eigenvalue weighted by atomic mass is 32.2. The number of carbonyl (C=O) groups excluding carboxylic acids is 2. The Labute approximate surface area is 149 Å². The van der Waals surface area contributed by atoms with Gasteiger partial charge >= 0.3 is 0 Å². The van der Waals surface area contributed by atoms with Crippen LogP contribution in [0.25, 0.3) is 0 Å². The second-order valence-corrected chi connectivity index (χ2v) is 8.50. The maximum absolute atomic E-state index is 12.2. The van der Waals surface area contributed by atoms with Gasteiger partial charge in [-0.1, -0.05) is 31.4 Å². The van der Waals surface area contributed by atoms with Crippen molar-refractivity contribution in [2.45, 2.75) is 51.5 Å². The van der Waals surface area contributed by atoms with Crippen molar-refractivity contribution in [1.82, 2.24) is 5.32 Å². The predicted molar refractivity (Wildman–Crippen MR) is 98.3 cm³/mol. The lowest BCUT2D eigenvalue weighted by molar-refractivity contribution is -0.121. The molecule has 1 aliphatic carbocycles. The van der Waals surface area contributed by atoms with Crippen LogP contribution in [-0.2, 0) is 14.8 Å². The van der Waals surface area contributed by atoms with Gasteiger partial charge in [0.15, 0.2) is 5.78 Å². The molecule has 1 amide bonds. The average Bonchev–Trinajstić information content (AvgIpc) is 2.55. The van der Waals surface area contributed by atoms with Gasteiger partial charge in [0.2, 0.25) is 15.9 Å². The Kier molecular flexibility index (Phi) is 6.58. The molecule has 0 heterocycles. The van der Waals surface area contributed by atoms with Crippen LogP contribution in [0.2, 0.25) is 0 Å². The highest BCUT2D eigenvalue weighted by Crippen LogP contribution is 2.20. The summed E-state index contributed by atoms with van der Waals surface area (Å²) >= 11 is 0. The van der Waals surface area contributed by atoms with E-state index in [1.807, 2.05) is 0 Å². The molecule has 1 saturated carbocycles. The number of benzene rings is 1. The summed E-state index contributed by atoms with van der Waals surface area (Å²) in [5.41, 5.74) is 0.846. The Balaban J connectivity index is 2.04. The summed E-state index contributed by atoms with van der Waals surface area (Å²) in [6.07, 6.45) is 6.63. The molecule has 0 atom stereocenters. The Morgan fingerprint density at radius 1 is 1.20 bits per heavy atom. The second-order valence-electron chi connectivity index (χ2n) is 6.59. The highest BCUT2D eigenvalue weighted by Gasteiger charge is 2.21. The summed E-state index contributed by atoms with van der Waals surface area (Å²) in [6.45, 7) is 1.49. The molecular formula is C18H26N2O4S. The van der Waals surface area contributed by atoms with Crippen LogP contribution in [0, 0.1) is 0 Å². The van der Waals surface area contributed by atoms with E-state index in [-0.39, 0.29) is 30.7 Å². The first-order valence-corrected chi connectivity index (χ1v) is 10.5. The van der Waals surface area contributed by atoms with Crippen LogP contribution in [0.4, 0.5) is 5.69 Å². The minimum absolute atomic E-state index is 0.0543. The molecule has 1 aliphatic rings. The van der Waals surface area contributed by atoms with Gasteiger partial charge in [-0.15, -0.1) is 0 Å². The van der Waals surface area contributed by atoms with Gasteiger partial charge in [0.25, 0.3) is 0 Å². The summed E-state index contributed by atoms with van der Waals surface area (Å²) in [7, 11) is -3.55. The molecule has 0 bridgehead atoms. The molecule has 0 spiro atoms. The Bertz CT molecular complexity index is 724. The third-order valence-electron chi connectivity index (χ3n) is 4.45. The number of Topliss-reactive ketones (excluding diaryl/α,β-unsaturated/α-hetero) is 1. The van der Waals surface area contributed by atoms with Crippen LogP contribution < -0.4 is 9.62 Å². The number of hydrogen-bond acceptors (Lipinski definition) is 4. The minimum Gasteiger partial charge on any atom is -0.353 e. The van der Waals surface area contributed by atoms with Crippen LogP contribution in [0.1, 0.15) is 55.8 Å². The van der Waals surface area contributed by atoms with Crippen LogP contribution in [0.15, 0.2) is 24.3 Å². The highest BCUT2D eigenvalue weighted by molar-refractivity contribution is 7.92. The van der Waals surface area contributed by atoms with E-state index in [1.165, 1.54) is 17.6 Å². The molecule has 0 unspecified atom stereocenters. The van der Waals surface area contributed by atoms with Crippen LogP contribution in [0.5, 0.6) is 0 Å². The van der Waals surface area contributed by atoms with Crippen molar-refractivity contribution in [3.63, 3.8) is 0 Å². The zero-order chi connectivity index (χ0) is 18.4. The fourth-order valence-electron chi connectivity index (χ4n) is 3.12. The first kappa shape index (κ1) is 19.4. The monoisotopic (exact) mass is 366 g/mol. The summed E-state index contributed by atoms with van der Waals surface area (Å²) in [4.78, 5) is 23.7. The van der Waals surface area contributed by atoms with Crippen LogP contribution in [-0.4, -0.2) is 39.0 Å². The minimum atomic E-state index is -3.55. The normalized spacial score (nSPS) is 15.6. The van der Waals surface area contributed by atoms with Crippen LogP contribution >= 0.6 is 0 Å². The first-order chi connectivity index (χ1) is 11.8. The summed E-state index contributed by atoms with van der Waals surface area (Å²) in [5, 5.41) is 2.99. The fourth-order valence-corrected chi connectivity index (χ4v) is 4.04. The molecule has 6 nitrogen and oxygen atoms in total. The molecule has 1 aromatic rings. The molecular weight excluding hydrogens is 340 g/mol. The van der Waals surface area contributed by atoms with Crippen molar-refractivity contribution in [1.29, 1.82) is 0 Å². The predicted octanol–water partition coefficient (Wildman–Crippen LogP) is 2.49. The van der Waals surface area contributed by atoms with E-state index in [4.69, 9.17) is 0 Å². The van der Waals surface area contributed by atoms with Gasteiger partial charge in [-0.05, 0) is 31.9 Å². The number of carbonyl (C=O) groups is 2. The average molecular weight is 366 g/mol. The quantitative estimate of drug-likeness (QED) is 0.752. The van der Waals surface area contributed by atoms with Crippen molar-refractivity contribution in [3.05, 3.63) is 29.8 Å². The molecule has 7 heteroatoms. The van der Waals surface area contributed by atoms with E-state index in [2.05, 4.69) is 5.32 Å². The van der Waals surface area contributed by atoms with Gasteiger partial charge in [-0.25, -0.2) is 8.42 Å². The Morgan fingerprint density at radius 2 is 1.88 bits per heavy atom. The SMILES string of the molecule is CC(=O)c1cccc(N(CCC(=O)NC2CCCCC2)S(C)(=O)=O)c1. The number of nitrogens with one attached hydrogen (secondary N) is 1. The molecule has 0 aromatic heterocycles. The lowest BCUT2D eigenvalue weighted by Gasteiger charge is -2.25. The van der Waals surface area contributed by atoms with E-state index in [9.17, 15) is 18.0 Å². The van der Waals surface area contributed by atoms with Crippen molar-refractivity contribution in [2.24, 2.45) is 0 Å². The summed E-state index contributed by atoms with van der Waals surface area (Å²) in [6, 6.07) is 6.66. The molecule has 0 aliphatic heterocycles. The molecule has 138 valence electrons. The Hall–Kier alpha value is -1.89. The maximum atomic E-state index is 12.2. The maximum Gasteiger partial charge on any atom is 0.232 e. The first-order valence-electron chi connectivity index (χ1n) is 8.65. The standard InChI is InChI=1S/C18H26N2O4S/c1-14(21)15-7-6-10-17(13-15)20(25(2,23)24)12-11-18(22)19-16-8-4-3-5-9-16/h6-7,10,13,16H,3-5,8-9,11-12H2,1-2H3,(H,19,22). The second kappa shape index (κ2) is 8.47. The van der Waals surface area contributed by atoms with Gasteiger partial charge in [-0.3, -0.25) is 13.9 Å². The van der Waals surface area contributed by atoms with Gasteiger partial charge in [-0.2, -0.15) is 0 Å². The third-order valence-corrected chi connectivity index (χ3v) is 5.65. The lowest BCUT2D eigenvalue weighted by Crippen LogP contribution is -2.39. The van der Waals surface area contributed by atoms with Crippen molar-refractivity contribution in [2.75, 3.05) is 17.1 Å². The van der Waals surface area contributed by atoms with Gasteiger partial charge in [0.1, 0.15) is 0 Å². The van der Waals surface area contributed by atoms with E-state index in [0.29, 0.717) is 11.3 Å². The summed E-state index contributed by atoms with van der Waals surface area (Å²) < 4.78 is 25.4. The third kappa shape index (κ3) is 5.85. The van der Waals surface area contributed by atoms with E-state index < -0.39 is 10.0 Å². The van der Waals surface area contributed by atoms with Gasteiger partial charge in [0.05, 0.1) is 11.9 Å². The number of anilines is 1. The van der Waals surface area contributed by atoms with Gasteiger partial charge in [0, 0.05) is 24.6 Å². The molecule has 1 aromatic carbocycles. The molecule has 0 saturated heterocycles. The van der Waals surface area contributed by atoms with Crippen molar-refractivity contribution >= 4 is 27.4 Å². The van der Waals surface area contributed by atoms with E-state index >= 15 is 0 Å². The van der Waals surface area contributed by atoms with Crippen LogP contribution in [0.3, 0.4) is 0 Å². The molecule has 25 heavy (non-hydrogen) atoms. The number of hydrogen-bond donors (Lipinski definition) is 1. The van der Waals surface area contributed by atoms with Gasteiger partial charge < -0.3 is 5.32 Å². The number of amides is 1. The van der Waals surface area contributed by atoms with E-state index in [1.54, 1.807) is 24.3 Å². The zero-order valence-corrected chi connectivity index (χ0v) is 15.6. The Morgan fingerprint density at radius 3 is 2.48 bits per heavy atom. The summed E-state index contributed by atoms with van der Waals surface area (Å²) in [5.74, 6) is -0.270. The number of rotatable bonds is 7. The molecule has 1 fully saturated rings. The lowest BCUT2D eigenvalue weighted by atomic mass is 9.95.